The van der Waals surface area contributed by atoms with Gasteiger partial charge in [-0.15, -0.1) is 11.8 Å². The number of aliphatic hydroxyl groups is 1. The van der Waals surface area contributed by atoms with E-state index in [-0.39, 0.29) is 18.6 Å². The molecule has 0 radical (unpaired) electrons. The second-order valence-electron chi connectivity index (χ2n) is 5.90. The molecule has 4 unspecified atom stereocenters. The molecule has 0 aliphatic heterocycles. The van der Waals surface area contributed by atoms with E-state index < -0.39 is 53.7 Å². The number of aliphatic carboxylic acids is 2. The third kappa shape index (κ3) is 8.42. The van der Waals surface area contributed by atoms with Gasteiger partial charge < -0.3 is 31.7 Å². The zero-order valence-corrected chi connectivity index (χ0v) is 17.1. The molecule has 1 aliphatic carbocycles. The summed E-state index contributed by atoms with van der Waals surface area (Å²) >= 11 is 4.53. The molecule has 1 rings (SSSR count). The Kier molecular flexibility index (Phi) is 10.2. The van der Waals surface area contributed by atoms with Crippen LogP contribution in [0.5, 0.6) is 0 Å². The number of nitrogens with two attached hydrogens (primary N) is 1. The third-order valence-corrected chi connectivity index (χ3v) is 6.13. The maximum Gasteiger partial charge on any atom is 0.322 e. The van der Waals surface area contributed by atoms with Crippen molar-refractivity contribution < 1.29 is 34.5 Å². The van der Waals surface area contributed by atoms with Gasteiger partial charge in [-0.3, -0.25) is 19.2 Å². The summed E-state index contributed by atoms with van der Waals surface area (Å²) in [5.41, 5.74) is 5.35. The lowest BCUT2D eigenvalue weighted by Gasteiger charge is -2.25. The average Bonchev–Trinajstić information content (AvgIpc) is 2.62. The molecule has 28 heavy (non-hydrogen) atoms. The zero-order chi connectivity index (χ0) is 21.3. The first kappa shape index (κ1) is 24.1. The number of hydrogen-bond acceptors (Lipinski definition) is 7. The monoisotopic (exact) mass is 479 g/mol. The number of halogens is 1. The average molecular weight is 480 g/mol. The van der Waals surface area contributed by atoms with Crippen molar-refractivity contribution in [1.29, 1.82) is 0 Å². The highest BCUT2D eigenvalue weighted by Crippen LogP contribution is 2.30. The highest BCUT2D eigenvalue weighted by atomic mass is 79.9. The summed E-state index contributed by atoms with van der Waals surface area (Å²) in [5.74, 6) is -3.72. The molecule has 0 bridgehead atoms. The first-order valence-electron chi connectivity index (χ1n) is 8.22. The molecule has 0 fully saturated rings. The molecular weight excluding hydrogens is 458 g/mol. The molecule has 0 aromatic heterocycles. The summed E-state index contributed by atoms with van der Waals surface area (Å²) in [4.78, 5) is 45.7. The number of allylic oxidation sites excluding steroid dienone is 2. The van der Waals surface area contributed by atoms with Gasteiger partial charge in [0.1, 0.15) is 18.6 Å². The van der Waals surface area contributed by atoms with Gasteiger partial charge in [-0.1, -0.05) is 34.2 Å². The quantitative estimate of drug-likeness (QED) is 0.220. The molecule has 0 aromatic carbocycles. The molecule has 0 spiro atoms. The van der Waals surface area contributed by atoms with Crippen molar-refractivity contribution in [2.24, 2.45) is 5.73 Å². The zero-order valence-electron chi connectivity index (χ0n) is 14.7. The summed E-state index contributed by atoms with van der Waals surface area (Å²) < 4.78 is 0.705. The summed E-state index contributed by atoms with van der Waals surface area (Å²) in [6.45, 7) is -0.613. The molecule has 4 atom stereocenters. The fourth-order valence-electron chi connectivity index (χ4n) is 2.14. The standard InChI is InChI=1S/C16H22BrN3O7S/c17-8-2-1-3-11(21)14(8)28-7-10(15(25)19-6-13(23)24)20-12(22)5-4-9(18)16(26)27/h1-3,9-11,14,21H,4-7,18H2,(H,19,25)(H,20,22)(H,23,24)(H,26,27). The minimum Gasteiger partial charge on any atom is -0.480 e. The molecule has 0 aromatic rings. The number of carboxylic acid groups (broad SMARTS) is 2. The van der Waals surface area contributed by atoms with Crippen molar-refractivity contribution in [3.8, 4) is 0 Å². The first-order valence-corrected chi connectivity index (χ1v) is 10.1. The lowest BCUT2D eigenvalue weighted by Crippen LogP contribution is -2.50. The van der Waals surface area contributed by atoms with Crippen LogP contribution in [0.3, 0.4) is 0 Å². The van der Waals surface area contributed by atoms with E-state index in [0.717, 1.165) is 0 Å². The molecule has 7 N–H and O–H groups in total. The van der Waals surface area contributed by atoms with Crippen molar-refractivity contribution in [2.75, 3.05) is 12.3 Å². The third-order valence-electron chi connectivity index (χ3n) is 3.65. The number of rotatable bonds is 11. The van der Waals surface area contributed by atoms with Crippen LogP contribution in [-0.4, -0.2) is 74.8 Å². The molecule has 2 amide bonds. The summed E-state index contributed by atoms with van der Waals surface area (Å²) in [6, 6.07) is -2.28. The van der Waals surface area contributed by atoms with E-state index in [2.05, 4.69) is 26.6 Å². The Labute approximate surface area is 173 Å². The van der Waals surface area contributed by atoms with Gasteiger partial charge in [0, 0.05) is 16.7 Å². The van der Waals surface area contributed by atoms with Gasteiger partial charge in [-0.25, -0.2) is 0 Å². The largest absolute Gasteiger partial charge is 0.480 e. The lowest BCUT2D eigenvalue weighted by molar-refractivity contribution is -0.139. The van der Waals surface area contributed by atoms with Gasteiger partial charge in [0.25, 0.3) is 0 Å². The maximum absolute atomic E-state index is 12.2. The predicted molar refractivity (Wildman–Crippen MR) is 106 cm³/mol. The van der Waals surface area contributed by atoms with Crippen LogP contribution in [0.15, 0.2) is 22.7 Å². The number of thioether (sulfide) groups is 1. The summed E-state index contributed by atoms with van der Waals surface area (Å²) in [6.07, 6.45) is 3.88. The molecule has 0 saturated carbocycles. The Hall–Kier alpha value is -1.89. The van der Waals surface area contributed by atoms with Crippen molar-refractivity contribution in [1.82, 2.24) is 10.6 Å². The van der Waals surface area contributed by atoms with Crippen molar-refractivity contribution in [3.05, 3.63) is 22.7 Å². The fourth-order valence-corrected chi connectivity index (χ4v) is 4.12. The van der Waals surface area contributed by atoms with Gasteiger partial charge in [0.15, 0.2) is 0 Å². The maximum atomic E-state index is 12.2. The molecule has 0 heterocycles. The van der Waals surface area contributed by atoms with E-state index in [9.17, 15) is 24.3 Å². The van der Waals surface area contributed by atoms with Crippen LogP contribution in [0.2, 0.25) is 0 Å². The normalized spacial score (nSPS) is 20.6. The molecule has 1 aliphatic rings. The summed E-state index contributed by atoms with van der Waals surface area (Å²) in [7, 11) is 0. The van der Waals surface area contributed by atoms with Crippen LogP contribution < -0.4 is 16.4 Å². The second kappa shape index (κ2) is 11.8. The predicted octanol–water partition coefficient (Wildman–Crippen LogP) is -0.825. The Balaban J connectivity index is 2.70. The smallest absolute Gasteiger partial charge is 0.322 e. The Morgan fingerprint density at radius 3 is 2.54 bits per heavy atom. The lowest BCUT2D eigenvalue weighted by atomic mass is 10.1. The molecule has 156 valence electrons. The van der Waals surface area contributed by atoms with Crippen LogP contribution in [0.25, 0.3) is 0 Å². The number of carbonyl (C=O) groups is 4. The number of nitrogens with one attached hydrogen (secondary N) is 2. The fraction of sp³-hybridized carbons (Fsp3) is 0.500. The van der Waals surface area contributed by atoms with Crippen LogP contribution >= 0.6 is 27.7 Å². The SMILES string of the molecule is NC(CCC(=O)NC(CSC1C(Br)=CC=CC1O)C(=O)NCC(=O)O)C(=O)O. The van der Waals surface area contributed by atoms with E-state index in [4.69, 9.17) is 15.9 Å². The minimum atomic E-state index is -1.24. The molecule has 0 saturated heterocycles. The van der Waals surface area contributed by atoms with Crippen LogP contribution in [0.1, 0.15) is 12.8 Å². The van der Waals surface area contributed by atoms with Crippen molar-refractivity contribution in [2.45, 2.75) is 36.3 Å². The summed E-state index contributed by atoms with van der Waals surface area (Å²) in [5, 5.41) is 31.7. The van der Waals surface area contributed by atoms with Crippen LogP contribution in [0.4, 0.5) is 0 Å². The number of aliphatic hydroxyl groups excluding tert-OH is 1. The highest BCUT2D eigenvalue weighted by molar-refractivity contribution is 9.11. The Bertz CT molecular complexity index is 671. The van der Waals surface area contributed by atoms with E-state index in [1.165, 1.54) is 11.8 Å². The van der Waals surface area contributed by atoms with Gasteiger partial charge in [-0.05, 0) is 6.42 Å². The van der Waals surface area contributed by atoms with E-state index in [0.29, 0.717) is 4.48 Å². The molecule has 10 nitrogen and oxygen atoms in total. The number of carbonyl (C=O) groups excluding carboxylic acids is 2. The number of carboxylic acids is 2. The molecule has 12 heteroatoms. The first-order chi connectivity index (χ1) is 13.1. The van der Waals surface area contributed by atoms with Crippen LogP contribution in [-0.2, 0) is 19.2 Å². The van der Waals surface area contributed by atoms with Gasteiger partial charge >= 0.3 is 11.9 Å². The Morgan fingerprint density at radius 2 is 1.96 bits per heavy atom. The van der Waals surface area contributed by atoms with Crippen molar-refractivity contribution in [3.63, 3.8) is 0 Å². The molecular formula is C16H22BrN3O7S. The van der Waals surface area contributed by atoms with Gasteiger partial charge in [0.05, 0.1) is 11.4 Å². The van der Waals surface area contributed by atoms with Crippen molar-refractivity contribution >= 4 is 51.4 Å². The second-order valence-corrected chi connectivity index (χ2v) is 7.99. The van der Waals surface area contributed by atoms with Crippen LogP contribution in [0, 0.1) is 0 Å². The number of hydrogen-bond donors (Lipinski definition) is 6. The van der Waals surface area contributed by atoms with Gasteiger partial charge in [0.2, 0.25) is 11.8 Å². The van der Waals surface area contributed by atoms with E-state index in [1.807, 2.05) is 0 Å². The Morgan fingerprint density at radius 1 is 1.29 bits per heavy atom. The van der Waals surface area contributed by atoms with E-state index >= 15 is 0 Å². The topological polar surface area (TPSA) is 179 Å². The minimum absolute atomic E-state index is 0.0562. The van der Waals surface area contributed by atoms with Gasteiger partial charge in [-0.2, -0.15) is 0 Å². The highest BCUT2D eigenvalue weighted by Gasteiger charge is 2.28. The number of amides is 2. The van der Waals surface area contributed by atoms with E-state index in [1.54, 1.807) is 18.2 Å².